The van der Waals surface area contributed by atoms with Crippen molar-refractivity contribution < 1.29 is 10.2 Å². The second-order valence-electron chi connectivity index (χ2n) is 3.26. The lowest BCUT2D eigenvalue weighted by Crippen LogP contribution is -1.98. The third-order valence-electron chi connectivity index (χ3n) is 2.52. The monoisotopic (exact) mass is 164 g/mol. The lowest BCUT2D eigenvalue weighted by Gasteiger charge is -2.04. The van der Waals surface area contributed by atoms with Crippen LogP contribution in [0.5, 0.6) is 0 Å². The third-order valence-corrected chi connectivity index (χ3v) is 2.52. The van der Waals surface area contributed by atoms with Gasteiger partial charge in [-0.3, -0.25) is 0 Å². The molecule has 0 unspecified atom stereocenters. The van der Waals surface area contributed by atoms with Gasteiger partial charge in [0, 0.05) is 5.92 Å². The van der Waals surface area contributed by atoms with Crippen molar-refractivity contribution in [2.75, 3.05) is 6.61 Å². The van der Waals surface area contributed by atoms with Gasteiger partial charge in [0.1, 0.15) is 0 Å². The van der Waals surface area contributed by atoms with E-state index in [1.807, 2.05) is 24.3 Å². The minimum atomic E-state index is -0.377. The molecule has 2 nitrogen and oxygen atoms in total. The van der Waals surface area contributed by atoms with Crippen molar-refractivity contribution in [3.05, 3.63) is 35.4 Å². The molecule has 0 amide bonds. The predicted octanol–water partition coefficient (Wildman–Crippen LogP) is 1.20. The fourth-order valence-electron chi connectivity index (χ4n) is 1.88. The number of aliphatic hydroxyl groups excluding tert-OH is 2. The summed E-state index contributed by atoms with van der Waals surface area (Å²) in [6, 6.07) is 7.77. The van der Waals surface area contributed by atoms with E-state index in [1.165, 1.54) is 0 Å². The van der Waals surface area contributed by atoms with E-state index in [0.29, 0.717) is 6.42 Å². The van der Waals surface area contributed by atoms with Crippen LogP contribution in [0.1, 0.15) is 29.6 Å². The predicted molar refractivity (Wildman–Crippen MR) is 45.8 cm³/mol. The van der Waals surface area contributed by atoms with Gasteiger partial charge in [-0.05, 0) is 17.5 Å². The van der Waals surface area contributed by atoms with Gasteiger partial charge in [0.25, 0.3) is 0 Å². The van der Waals surface area contributed by atoms with Crippen LogP contribution in [0.15, 0.2) is 24.3 Å². The van der Waals surface area contributed by atoms with Crippen molar-refractivity contribution in [3.63, 3.8) is 0 Å². The van der Waals surface area contributed by atoms with Crippen LogP contribution < -0.4 is 0 Å². The normalized spacial score (nSPS) is 27.2. The first-order valence-electron chi connectivity index (χ1n) is 4.20. The maximum atomic E-state index is 9.57. The summed E-state index contributed by atoms with van der Waals surface area (Å²) in [7, 11) is 0. The zero-order valence-corrected chi connectivity index (χ0v) is 6.77. The first-order valence-corrected chi connectivity index (χ1v) is 4.20. The molecular weight excluding hydrogens is 152 g/mol. The van der Waals surface area contributed by atoms with Crippen LogP contribution >= 0.6 is 0 Å². The van der Waals surface area contributed by atoms with Gasteiger partial charge in [-0.25, -0.2) is 0 Å². The maximum Gasteiger partial charge on any atom is 0.0799 e. The smallest absolute Gasteiger partial charge is 0.0799 e. The molecule has 0 spiro atoms. The minimum Gasteiger partial charge on any atom is -0.396 e. The number of hydrogen-bond donors (Lipinski definition) is 2. The Morgan fingerprint density at radius 3 is 2.58 bits per heavy atom. The number of fused-ring (bicyclic) bond motifs is 1. The molecule has 64 valence electrons. The highest BCUT2D eigenvalue weighted by Crippen LogP contribution is 2.39. The van der Waals surface area contributed by atoms with Crippen LogP contribution in [-0.4, -0.2) is 16.8 Å². The Morgan fingerprint density at radius 1 is 1.25 bits per heavy atom. The van der Waals surface area contributed by atoms with Crippen molar-refractivity contribution in [1.82, 2.24) is 0 Å². The van der Waals surface area contributed by atoms with E-state index in [1.54, 1.807) is 0 Å². The minimum absolute atomic E-state index is 0.133. The molecule has 2 atom stereocenters. The Bertz CT molecular complexity index is 283. The molecular formula is C10H12O2. The van der Waals surface area contributed by atoms with Gasteiger partial charge in [-0.1, -0.05) is 24.3 Å². The zero-order valence-electron chi connectivity index (χ0n) is 6.77. The maximum absolute atomic E-state index is 9.57. The first kappa shape index (κ1) is 7.77. The standard InChI is InChI=1S/C10H12O2/c11-6-7-5-10(12)9-4-2-1-3-8(7)9/h1-4,7,10-12H,5-6H2/t7-,10-/m1/s1. The molecule has 2 N–H and O–H groups in total. The summed E-state index contributed by atoms with van der Waals surface area (Å²) in [6.45, 7) is 0.133. The van der Waals surface area contributed by atoms with E-state index in [9.17, 15) is 5.11 Å². The van der Waals surface area contributed by atoms with E-state index >= 15 is 0 Å². The van der Waals surface area contributed by atoms with Crippen molar-refractivity contribution in [2.45, 2.75) is 18.4 Å². The van der Waals surface area contributed by atoms with Crippen LogP contribution in [0.4, 0.5) is 0 Å². The fraction of sp³-hybridized carbons (Fsp3) is 0.400. The molecule has 1 aromatic carbocycles. The van der Waals surface area contributed by atoms with E-state index in [0.717, 1.165) is 11.1 Å². The Hall–Kier alpha value is -0.860. The molecule has 0 radical (unpaired) electrons. The molecule has 0 saturated heterocycles. The first-order chi connectivity index (χ1) is 5.83. The van der Waals surface area contributed by atoms with Gasteiger partial charge >= 0.3 is 0 Å². The van der Waals surface area contributed by atoms with Crippen molar-refractivity contribution in [3.8, 4) is 0 Å². The summed E-state index contributed by atoms with van der Waals surface area (Å²) < 4.78 is 0. The molecule has 2 rings (SSSR count). The lowest BCUT2D eigenvalue weighted by atomic mass is 10.0. The fourth-order valence-corrected chi connectivity index (χ4v) is 1.88. The van der Waals surface area contributed by atoms with Gasteiger partial charge in [-0.15, -0.1) is 0 Å². The lowest BCUT2D eigenvalue weighted by molar-refractivity contribution is 0.158. The summed E-state index contributed by atoms with van der Waals surface area (Å²) in [5, 5.41) is 18.6. The molecule has 1 aromatic rings. The largest absolute Gasteiger partial charge is 0.396 e. The van der Waals surface area contributed by atoms with Crippen molar-refractivity contribution >= 4 is 0 Å². The summed E-state index contributed by atoms with van der Waals surface area (Å²) in [4.78, 5) is 0. The molecule has 0 saturated carbocycles. The Balaban J connectivity index is 2.43. The number of aliphatic hydroxyl groups is 2. The van der Waals surface area contributed by atoms with E-state index in [4.69, 9.17) is 5.11 Å². The quantitative estimate of drug-likeness (QED) is 0.654. The van der Waals surface area contributed by atoms with Crippen molar-refractivity contribution in [1.29, 1.82) is 0 Å². The summed E-state index contributed by atoms with van der Waals surface area (Å²) in [5.74, 6) is 0.135. The van der Waals surface area contributed by atoms with Gasteiger partial charge in [0.05, 0.1) is 12.7 Å². The SMILES string of the molecule is OC[C@H]1C[C@@H](O)c2ccccc21. The van der Waals surface area contributed by atoms with Gasteiger partial charge in [0.2, 0.25) is 0 Å². The second kappa shape index (κ2) is 2.88. The zero-order chi connectivity index (χ0) is 8.55. The van der Waals surface area contributed by atoms with Gasteiger partial charge in [0.15, 0.2) is 0 Å². The van der Waals surface area contributed by atoms with E-state index in [-0.39, 0.29) is 18.6 Å². The average molecular weight is 164 g/mol. The van der Waals surface area contributed by atoms with Gasteiger partial charge in [-0.2, -0.15) is 0 Å². The Kier molecular flexibility index (Phi) is 1.87. The van der Waals surface area contributed by atoms with Crippen molar-refractivity contribution in [2.24, 2.45) is 0 Å². The average Bonchev–Trinajstić information content (AvgIpc) is 2.44. The molecule has 0 aromatic heterocycles. The number of rotatable bonds is 1. The topological polar surface area (TPSA) is 40.5 Å². The molecule has 0 fully saturated rings. The molecule has 1 aliphatic carbocycles. The summed E-state index contributed by atoms with van der Waals surface area (Å²) >= 11 is 0. The molecule has 0 bridgehead atoms. The number of hydrogen-bond acceptors (Lipinski definition) is 2. The molecule has 1 aliphatic rings. The van der Waals surface area contributed by atoms with Crippen LogP contribution in [0.3, 0.4) is 0 Å². The van der Waals surface area contributed by atoms with E-state index in [2.05, 4.69) is 0 Å². The van der Waals surface area contributed by atoms with Gasteiger partial charge < -0.3 is 10.2 Å². The van der Waals surface area contributed by atoms with Crippen LogP contribution in [-0.2, 0) is 0 Å². The summed E-state index contributed by atoms with van der Waals surface area (Å²) in [6.07, 6.45) is 0.286. The molecule has 0 aliphatic heterocycles. The Morgan fingerprint density at radius 2 is 1.92 bits per heavy atom. The third kappa shape index (κ3) is 1.04. The molecule has 12 heavy (non-hydrogen) atoms. The Labute approximate surface area is 71.5 Å². The highest BCUT2D eigenvalue weighted by Gasteiger charge is 2.28. The second-order valence-corrected chi connectivity index (χ2v) is 3.26. The highest BCUT2D eigenvalue weighted by molar-refractivity contribution is 5.36. The summed E-state index contributed by atoms with van der Waals surface area (Å²) in [5.41, 5.74) is 2.09. The van der Waals surface area contributed by atoms with Crippen LogP contribution in [0.2, 0.25) is 0 Å². The number of benzene rings is 1. The highest BCUT2D eigenvalue weighted by atomic mass is 16.3. The molecule has 2 heteroatoms. The van der Waals surface area contributed by atoms with Crippen LogP contribution in [0.25, 0.3) is 0 Å². The van der Waals surface area contributed by atoms with E-state index < -0.39 is 0 Å². The van der Waals surface area contributed by atoms with Crippen LogP contribution in [0, 0.1) is 0 Å². The molecule has 0 heterocycles.